The van der Waals surface area contributed by atoms with E-state index in [1.165, 1.54) is 0 Å². The van der Waals surface area contributed by atoms with Gasteiger partial charge >= 0.3 is 6.03 Å². The maximum Gasteiger partial charge on any atom is 0.315 e. The van der Waals surface area contributed by atoms with Crippen LogP contribution in [0.4, 0.5) is 4.79 Å². The lowest BCUT2D eigenvalue weighted by atomic mass is 10.1. The van der Waals surface area contributed by atoms with Crippen molar-refractivity contribution < 1.29 is 14.3 Å². The number of methoxy groups -OCH3 is 1. The van der Waals surface area contributed by atoms with Gasteiger partial charge in [-0.05, 0) is 23.8 Å². The SMILES string of the molecule is COc1ccccc1CNC(=O)NCc1cccc(C(N)=O)c1. The number of rotatable bonds is 6. The van der Waals surface area contributed by atoms with Gasteiger partial charge in [0.15, 0.2) is 0 Å². The lowest BCUT2D eigenvalue weighted by Crippen LogP contribution is -2.34. The van der Waals surface area contributed by atoms with Crippen LogP contribution in [-0.4, -0.2) is 19.0 Å². The van der Waals surface area contributed by atoms with Gasteiger partial charge in [-0.25, -0.2) is 4.79 Å². The molecule has 4 N–H and O–H groups in total. The first-order chi connectivity index (χ1) is 11.1. The second kappa shape index (κ2) is 7.84. The molecule has 23 heavy (non-hydrogen) atoms. The Bertz CT molecular complexity index is 701. The minimum atomic E-state index is -0.493. The Balaban J connectivity index is 1.86. The Morgan fingerprint density at radius 2 is 1.78 bits per heavy atom. The van der Waals surface area contributed by atoms with Crippen molar-refractivity contribution >= 4 is 11.9 Å². The molecule has 2 aromatic rings. The number of urea groups is 1. The van der Waals surface area contributed by atoms with E-state index in [0.717, 1.165) is 16.9 Å². The van der Waals surface area contributed by atoms with Crippen LogP contribution in [0.5, 0.6) is 5.75 Å². The number of hydrogen-bond donors (Lipinski definition) is 3. The molecular formula is C17H19N3O3. The summed E-state index contributed by atoms with van der Waals surface area (Å²) in [5.41, 5.74) is 7.33. The normalized spacial score (nSPS) is 9.96. The highest BCUT2D eigenvalue weighted by Gasteiger charge is 2.06. The van der Waals surface area contributed by atoms with Crippen molar-refractivity contribution in [2.45, 2.75) is 13.1 Å². The lowest BCUT2D eigenvalue weighted by Gasteiger charge is -2.11. The Hall–Kier alpha value is -3.02. The molecule has 6 heteroatoms. The molecule has 0 heterocycles. The zero-order chi connectivity index (χ0) is 16.7. The fourth-order valence-corrected chi connectivity index (χ4v) is 2.10. The van der Waals surface area contributed by atoms with Crippen LogP contribution in [0.3, 0.4) is 0 Å². The molecule has 0 aliphatic rings. The quantitative estimate of drug-likeness (QED) is 0.759. The molecule has 0 fully saturated rings. The molecule has 0 radical (unpaired) electrons. The number of benzene rings is 2. The van der Waals surface area contributed by atoms with E-state index in [2.05, 4.69) is 10.6 Å². The van der Waals surface area contributed by atoms with Gasteiger partial charge in [-0.2, -0.15) is 0 Å². The fraction of sp³-hybridized carbons (Fsp3) is 0.176. The van der Waals surface area contributed by atoms with E-state index in [0.29, 0.717) is 18.7 Å². The molecule has 0 saturated heterocycles. The smallest absolute Gasteiger partial charge is 0.315 e. The molecule has 3 amide bonds. The lowest BCUT2D eigenvalue weighted by molar-refractivity contribution is 0.1000. The molecule has 6 nitrogen and oxygen atoms in total. The molecule has 0 aliphatic heterocycles. The topological polar surface area (TPSA) is 93.4 Å². The number of para-hydroxylation sites is 1. The summed E-state index contributed by atoms with van der Waals surface area (Å²) in [6.07, 6.45) is 0. The molecule has 0 spiro atoms. The molecule has 0 aliphatic carbocycles. The van der Waals surface area contributed by atoms with Crippen molar-refractivity contribution in [3.8, 4) is 5.75 Å². The molecule has 0 unspecified atom stereocenters. The van der Waals surface area contributed by atoms with Crippen LogP contribution in [0.25, 0.3) is 0 Å². The molecule has 2 aromatic carbocycles. The average molecular weight is 313 g/mol. The van der Waals surface area contributed by atoms with Crippen LogP contribution in [0, 0.1) is 0 Å². The summed E-state index contributed by atoms with van der Waals surface area (Å²) < 4.78 is 5.23. The summed E-state index contributed by atoms with van der Waals surface area (Å²) in [6.45, 7) is 0.663. The summed E-state index contributed by atoms with van der Waals surface area (Å²) in [5.74, 6) is 0.231. The van der Waals surface area contributed by atoms with Crippen molar-refractivity contribution in [3.63, 3.8) is 0 Å². The second-order valence-electron chi connectivity index (χ2n) is 4.91. The van der Waals surface area contributed by atoms with Crippen molar-refractivity contribution in [1.29, 1.82) is 0 Å². The van der Waals surface area contributed by atoms with E-state index >= 15 is 0 Å². The van der Waals surface area contributed by atoms with Gasteiger partial charge in [-0.15, -0.1) is 0 Å². The van der Waals surface area contributed by atoms with Crippen LogP contribution in [0.1, 0.15) is 21.5 Å². The minimum Gasteiger partial charge on any atom is -0.496 e. The molecule has 2 rings (SSSR count). The summed E-state index contributed by atoms with van der Waals surface area (Å²) >= 11 is 0. The van der Waals surface area contributed by atoms with E-state index in [1.54, 1.807) is 25.3 Å². The van der Waals surface area contributed by atoms with E-state index in [-0.39, 0.29) is 6.03 Å². The largest absolute Gasteiger partial charge is 0.496 e. The maximum absolute atomic E-state index is 11.9. The summed E-state index contributed by atoms with van der Waals surface area (Å²) in [7, 11) is 1.59. The Morgan fingerprint density at radius 1 is 1.04 bits per heavy atom. The minimum absolute atomic E-state index is 0.304. The zero-order valence-electron chi connectivity index (χ0n) is 12.8. The monoisotopic (exact) mass is 313 g/mol. The van der Waals surface area contributed by atoms with Crippen LogP contribution in [0.2, 0.25) is 0 Å². The highest BCUT2D eigenvalue weighted by Crippen LogP contribution is 2.16. The fourth-order valence-electron chi connectivity index (χ4n) is 2.10. The van der Waals surface area contributed by atoms with Gasteiger partial charge in [0.1, 0.15) is 5.75 Å². The highest BCUT2D eigenvalue weighted by atomic mass is 16.5. The van der Waals surface area contributed by atoms with Gasteiger partial charge in [0.05, 0.1) is 7.11 Å². The van der Waals surface area contributed by atoms with Gasteiger partial charge in [0, 0.05) is 24.2 Å². The first kappa shape index (κ1) is 16.4. The number of hydrogen-bond acceptors (Lipinski definition) is 3. The van der Waals surface area contributed by atoms with E-state index in [1.807, 2.05) is 30.3 Å². The molecule has 0 saturated carbocycles. The van der Waals surface area contributed by atoms with Crippen molar-refractivity contribution in [2.24, 2.45) is 5.73 Å². The van der Waals surface area contributed by atoms with Crippen molar-refractivity contribution in [3.05, 3.63) is 65.2 Å². The number of carbonyl (C=O) groups excluding carboxylic acids is 2. The van der Waals surface area contributed by atoms with Crippen LogP contribution in [-0.2, 0) is 13.1 Å². The van der Waals surface area contributed by atoms with Crippen LogP contribution in [0.15, 0.2) is 48.5 Å². The summed E-state index contributed by atoms with van der Waals surface area (Å²) in [5, 5.41) is 5.49. The number of amides is 3. The highest BCUT2D eigenvalue weighted by molar-refractivity contribution is 5.92. The van der Waals surface area contributed by atoms with Crippen LogP contribution < -0.4 is 21.1 Å². The van der Waals surface area contributed by atoms with Gasteiger partial charge in [-0.3, -0.25) is 4.79 Å². The molecule has 0 aromatic heterocycles. The van der Waals surface area contributed by atoms with Gasteiger partial charge < -0.3 is 21.1 Å². The standard InChI is InChI=1S/C17H19N3O3/c1-23-15-8-3-2-6-14(15)11-20-17(22)19-10-12-5-4-7-13(9-12)16(18)21/h2-9H,10-11H2,1H3,(H2,18,21)(H2,19,20,22). The van der Waals surface area contributed by atoms with Gasteiger partial charge in [0.25, 0.3) is 0 Å². The summed E-state index contributed by atoms with van der Waals surface area (Å²) in [6, 6.07) is 14.0. The number of nitrogens with one attached hydrogen (secondary N) is 2. The molecule has 0 bridgehead atoms. The Kier molecular flexibility index (Phi) is 5.57. The van der Waals surface area contributed by atoms with Crippen molar-refractivity contribution in [1.82, 2.24) is 10.6 Å². The number of carbonyl (C=O) groups is 2. The third kappa shape index (κ3) is 4.74. The predicted molar refractivity (Wildman–Crippen MR) is 87.0 cm³/mol. The zero-order valence-corrected chi connectivity index (χ0v) is 12.8. The van der Waals surface area contributed by atoms with Gasteiger partial charge in [0.2, 0.25) is 5.91 Å². The average Bonchev–Trinajstić information content (AvgIpc) is 2.58. The van der Waals surface area contributed by atoms with Gasteiger partial charge in [-0.1, -0.05) is 30.3 Å². The number of primary amides is 1. The molecule has 0 atom stereocenters. The summed E-state index contributed by atoms with van der Waals surface area (Å²) in [4.78, 5) is 23.0. The van der Waals surface area contributed by atoms with Crippen LogP contribution >= 0.6 is 0 Å². The number of ether oxygens (including phenoxy) is 1. The number of nitrogens with two attached hydrogens (primary N) is 1. The second-order valence-corrected chi connectivity index (χ2v) is 4.91. The molecule has 120 valence electrons. The van der Waals surface area contributed by atoms with E-state index < -0.39 is 5.91 Å². The van der Waals surface area contributed by atoms with E-state index in [4.69, 9.17) is 10.5 Å². The van der Waals surface area contributed by atoms with Crippen molar-refractivity contribution in [2.75, 3.05) is 7.11 Å². The molecular weight excluding hydrogens is 294 g/mol. The third-order valence-corrected chi connectivity index (χ3v) is 3.30. The maximum atomic E-state index is 11.9. The Morgan fingerprint density at radius 3 is 2.52 bits per heavy atom. The first-order valence-electron chi connectivity index (χ1n) is 7.12. The first-order valence-corrected chi connectivity index (χ1v) is 7.12. The Labute approximate surface area is 134 Å². The third-order valence-electron chi connectivity index (χ3n) is 3.30. The van der Waals surface area contributed by atoms with E-state index in [9.17, 15) is 9.59 Å². The predicted octanol–water partition coefficient (Wildman–Crippen LogP) is 1.79.